The summed E-state index contributed by atoms with van der Waals surface area (Å²) in [4.78, 5) is 13.2. The molecule has 1 heterocycles. The molecule has 1 unspecified atom stereocenters. The van der Waals surface area contributed by atoms with E-state index < -0.39 is 11.7 Å². The topological polar surface area (TPSA) is 49.8 Å². The molecular weight excluding hydrogens is 194 g/mol. The monoisotopic (exact) mass is 213 g/mol. The van der Waals surface area contributed by atoms with E-state index in [9.17, 15) is 9.90 Å². The fourth-order valence-electron chi connectivity index (χ4n) is 1.39. The highest BCUT2D eigenvalue weighted by atomic mass is 16.6. The lowest BCUT2D eigenvalue weighted by atomic mass is 10.0. The number of piperidine rings is 1. The number of carbonyl (C=O) groups excluding carboxylic acids is 1. The third-order valence-electron chi connectivity index (χ3n) is 2.19. The van der Waals surface area contributed by atoms with Crippen molar-refractivity contribution < 1.29 is 14.6 Å². The Morgan fingerprint density at radius 3 is 2.67 bits per heavy atom. The molecule has 0 aromatic heterocycles. The van der Waals surface area contributed by atoms with Gasteiger partial charge in [0.2, 0.25) is 0 Å². The molecule has 0 bridgehead atoms. The average molecular weight is 213 g/mol. The Morgan fingerprint density at radius 1 is 1.60 bits per heavy atom. The van der Waals surface area contributed by atoms with Gasteiger partial charge in [0.25, 0.3) is 0 Å². The van der Waals surface area contributed by atoms with E-state index in [2.05, 4.69) is 6.58 Å². The number of amides is 1. The number of ether oxygens (including phenoxy) is 1. The number of rotatable bonds is 0. The second-order valence-corrected chi connectivity index (χ2v) is 4.86. The quantitative estimate of drug-likeness (QED) is 0.621. The van der Waals surface area contributed by atoms with Crippen LogP contribution in [0.2, 0.25) is 0 Å². The summed E-state index contributed by atoms with van der Waals surface area (Å²) in [5.41, 5.74) is 0.196. The molecule has 1 rings (SSSR count). The van der Waals surface area contributed by atoms with Crippen molar-refractivity contribution in [1.82, 2.24) is 4.90 Å². The third-order valence-corrected chi connectivity index (χ3v) is 2.19. The lowest BCUT2D eigenvalue weighted by Gasteiger charge is -2.32. The largest absolute Gasteiger partial charge is 0.444 e. The zero-order chi connectivity index (χ0) is 11.6. The Balaban J connectivity index is 2.52. The van der Waals surface area contributed by atoms with Crippen molar-refractivity contribution in [2.45, 2.75) is 38.9 Å². The minimum atomic E-state index is -0.483. The Kier molecular flexibility index (Phi) is 3.39. The summed E-state index contributed by atoms with van der Waals surface area (Å²) in [5.74, 6) is 0. The van der Waals surface area contributed by atoms with Gasteiger partial charge in [0.05, 0.1) is 6.10 Å². The summed E-state index contributed by atoms with van der Waals surface area (Å²) >= 11 is 0. The summed E-state index contributed by atoms with van der Waals surface area (Å²) in [6.45, 7) is 10.1. The third kappa shape index (κ3) is 3.55. The van der Waals surface area contributed by atoms with Gasteiger partial charge in [0.1, 0.15) is 5.60 Å². The summed E-state index contributed by atoms with van der Waals surface area (Å²) < 4.78 is 5.22. The molecule has 1 fully saturated rings. The number of aliphatic hydroxyl groups excluding tert-OH is 1. The number of hydrogen-bond donors (Lipinski definition) is 1. The number of carbonyl (C=O) groups is 1. The van der Waals surface area contributed by atoms with E-state index in [1.807, 2.05) is 20.8 Å². The molecule has 0 radical (unpaired) electrons. The second kappa shape index (κ2) is 4.23. The van der Waals surface area contributed by atoms with Crippen molar-refractivity contribution in [3.05, 3.63) is 12.2 Å². The molecule has 1 N–H and O–H groups in total. The molecule has 4 nitrogen and oxygen atoms in total. The molecular formula is C11H19NO3. The first-order valence-electron chi connectivity index (χ1n) is 5.13. The predicted octanol–water partition coefficient (Wildman–Crippen LogP) is 1.54. The van der Waals surface area contributed by atoms with E-state index in [0.29, 0.717) is 25.1 Å². The highest BCUT2D eigenvalue weighted by Crippen LogP contribution is 2.17. The van der Waals surface area contributed by atoms with Crippen LogP contribution in [0.15, 0.2) is 12.2 Å². The van der Waals surface area contributed by atoms with Gasteiger partial charge in [-0.2, -0.15) is 0 Å². The fourth-order valence-corrected chi connectivity index (χ4v) is 1.39. The Bertz CT molecular complexity index is 267. The van der Waals surface area contributed by atoms with Crippen LogP contribution in [-0.4, -0.2) is 40.9 Å². The van der Waals surface area contributed by atoms with Crippen LogP contribution in [0, 0.1) is 0 Å². The molecule has 0 spiro atoms. The van der Waals surface area contributed by atoms with Crippen LogP contribution >= 0.6 is 0 Å². The van der Waals surface area contributed by atoms with E-state index in [0.717, 1.165) is 0 Å². The Morgan fingerprint density at radius 2 is 2.20 bits per heavy atom. The van der Waals surface area contributed by atoms with Crippen molar-refractivity contribution in [1.29, 1.82) is 0 Å². The van der Waals surface area contributed by atoms with Gasteiger partial charge < -0.3 is 14.7 Å². The van der Waals surface area contributed by atoms with Crippen molar-refractivity contribution >= 4 is 6.09 Å². The summed E-state index contributed by atoms with van der Waals surface area (Å²) in [6, 6.07) is 0. The zero-order valence-corrected chi connectivity index (χ0v) is 9.62. The lowest BCUT2D eigenvalue weighted by Crippen LogP contribution is -2.43. The van der Waals surface area contributed by atoms with Crippen LogP contribution in [0.4, 0.5) is 4.79 Å². The fraction of sp³-hybridized carbons (Fsp3) is 0.727. The van der Waals surface area contributed by atoms with E-state index in [1.165, 1.54) is 0 Å². The van der Waals surface area contributed by atoms with Gasteiger partial charge in [-0.15, -0.1) is 0 Å². The maximum absolute atomic E-state index is 11.6. The Labute approximate surface area is 90.5 Å². The molecule has 0 aromatic carbocycles. The van der Waals surface area contributed by atoms with Crippen LogP contribution in [-0.2, 0) is 4.74 Å². The van der Waals surface area contributed by atoms with E-state index >= 15 is 0 Å². The molecule has 4 heteroatoms. The molecule has 0 aliphatic carbocycles. The summed E-state index contributed by atoms with van der Waals surface area (Å²) in [7, 11) is 0. The SMILES string of the molecule is C=C1CN(C(=O)OC(C)(C)C)CCC1O. The van der Waals surface area contributed by atoms with Gasteiger partial charge in [-0.3, -0.25) is 0 Å². The molecule has 1 saturated heterocycles. The highest BCUT2D eigenvalue weighted by molar-refractivity contribution is 5.68. The van der Waals surface area contributed by atoms with Crippen LogP contribution in [0.1, 0.15) is 27.2 Å². The van der Waals surface area contributed by atoms with Crippen molar-refractivity contribution in [3.63, 3.8) is 0 Å². The van der Waals surface area contributed by atoms with Gasteiger partial charge in [-0.1, -0.05) is 6.58 Å². The summed E-state index contributed by atoms with van der Waals surface area (Å²) in [6.07, 6.45) is -0.280. The van der Waals surface area contributed by atoms with E-state index in [1.54, 1.807) is 4.90 Å². The maximum atomic E-state index is 11.6. The first-order valence-corrected chi connectivity index (χ1v) is 5.13. The molecule has 0 saturated carbocycles. The molecule has 1 atom stereocenters. The van der Waals surface area contributed by atoms with Crippen molar-refractivity contribution in [3.8, 4) is 0 Å². The van der Waals surface area contributed by atoms with Crippen LogP contribution in [0.5, 0.6) is 0 Å². The standard InChI is InChI=1S/C11H19NO3/c1-8-7-12(6-5-9(8)13)10(14)15-11(2,3)4/h9,13H,1,5-7H2,2-4H3. The van der Waals surface area contributed by atoms with E-state index in [-0.39, 0.29) is 6.09 Å². The minimum Gasteiger partial charge on any atom is -0.444 e. The van der Waals surface area contributed by atoms with Gasteiger partial charge in [-0.05, 0) is 32.8 Å². The average Bonchev–Trinajstić information content (AvgIpc) is 2.06. The predicted molar refractivity (Wildman–Crippen MR) is 57.6 cm³/mol. The van der Waals surface area contributed by atoms with Gasteiger partial charge in [-0.25, -0.2) is 4.79 Å². The van der Waals surface area contributed by atoms with E-state index in [4.69, 9.17) is 4.74 Å². The number of hydrogen-bond acceptors (Lipinski definition) is 3. The molecule has 0 aromatic rings. The molecule has 15 heavy (non-hydrogen) atoms. The van der Waals surface area contributed by atoms with Crippen LogP contribution in [0.3, 0.4) is 0 Å². The number of nitrogens with zero attached hydrogens (tertiary/aromatic N) is 1. The van der Waals surface area contributed by atoms with Gasteiger partial charge >= 0.3 is 6.09 Å². The number of likely N-dealkylation sites (tertiary alicyclic amines) is 1. The molecule has 1 aliphatic heterocycles. The summed E-state index contributed by atoms with van der Waals surface area (Å²) in [5, 5.41) is 9.43. The number of aliphatic hydroxyl groups is 1. The molecule has 1 aliphatic rings. The van der Waals surface area contributed by atoms with Gasteiger partial charge in [0, 0.05) is 13.1 Å². The lowest BCUT2D eigenvalue weighted by molar-refractivity contribution is 0.0190. The first-order chi connectivity index (χ1) is 6.79. The first kappa shape index (κ1) is 12.0. The van der Waals surface area contributed by atoms with Crippen LogP contribution in [0.25, 0.3) is 0 Å². The van der Waals surface area contributed by atoms with Gasteiger partial charge in [0.15, 0.2) is 0 Å². The van der Waals surface area contributed by atoms with Crippen molar-refractivity contribution in [2.24, 2.45) is 0 Å². The highest BCUT2D eigenvalue weighted by Gasteiger charge is 2.27. The zero-order valence-electron chi connectivity index (χ0n) is 9.62. The maximum Gasteiger partial charge on any atom is 0.410 e. The Hall–Kier alpha value is -1.03. The second-order valence-electron chi connectivity index (χ2n) is 4.86. The molecule has 86 valence electrons. The van der Waals surface area contributed by atoms with Crippen molar-refractivity contribution in [2.75, 3.05) is 13.1 Å². The minimum absolute atomic E-state index is 0.337. The van der Waals surface area contributed by atoms with Crippen LogP contribution < -0.4 is 0 Å². The smallest absolute Gasteiger partial charge is 0.410 e. The molecule has 1 amide bonds. The normalized spacial score (nSPS) is 22.8.